The van der Waals surface area contributed by atoms with Crippen molar-refractivity contribution in [3.05, 3.63) is 35.4 Å². The van der Waals surface area contributed by atoms with Crippen LogP contribution in [0, 0.1) is 0 Å². The summed E-state index contributed by atoms with van der Waals surface area (Å²) in [5.74, 6) is -1.22. The summed E-state index contributed by atoms with van der Waals surface area (Å²) in [7, 11) is 0. The first kappa shape index (κ1) is 17.1. The minimum Gasteiger partial charge on any atom is -0.444 e. The van der Waals surface area contributed by atoms with E-state index in [1.54, 1.807) is 45.0 Å². The van der Waals surface area contributed by atoms with E-state index in [1.165, 1.54) is 4.90 Å². The lowest BCUT2D eigenvalue weighted by Crippen LogP contribution is -2.56. The molecule has 3 amide bonds. The first-order valence-corrected chi connectivity index (χ1v) is 8.16. The number of carbonyl (C=O) groups is 4. The van der Waals surface area contributed by atoms with Gasteiger partial charge in [0.1, 0.15) is 11.6 Å². The fourth-order valence-corrected chi connectivity index (χ4v) is 3.02. The van der Waals surface area contributed by atoms with Crippen LogP contribution in [0.3, 0.4) is 0 Å². The minimum atomic E-state index is -0.978. The Hall–Kier alpha value is -2.70. The monoisotopic (exact) mass is 344 g/mol. The number of imide groups is 1. The van der Waals surface area contributed by atoms with Gasteiger partial charge in [-0.25, -0.2) is 4.79 Å². The number of nitrogens with zero attached hydrogens (tertiary/aromatic N) is 2. The summed E-state index contributed by atoms with van der Waals surface area (Å²) in [6, 6.07) is 5.49. The zero-order valence-electron chi connectivity index (χ0n) is 14.4. The minimum absolute atomic E-state index is 0.0424. The molecule has 2 heterocycles. The SMILES string of the molecule is CC(C)(C)OC(=O)N1CCC(=O)C(N2C(=O)c3ccccc3C2=O)C1. The van der Waals surface area contributed by atoms with Crippen molar-refractivity contribution in [3.63, 3.8) is 0 Å². The van der Waals surface area contributed by atoms with Crippen molar-refractivity contribution >= 4 is 23.7 Å². The van der Waals surface area contributed by atoms with E-state index >= 15 is 0 Å². The molecule has 0 aromatic heterocycles. The van der Waals surface area contributed by atoms with Gasteiger partial charge in [-0.1, -0.05) is 12.1 Å². The van der Waals surface area contributed by atoms with E-state index in [-0.39, 0.29) is 36.4 Å². The number of ether oxygens (including phenoxy) is 1. The van der Waals surface area contributed by atoms with Crippen molar-refractivity contribution in [2.45, 2.75) is 38.8 Å². The predicted molar refractivity (Wildman–Crippen MR) is 88.2 cm³/mol. The third-order valence-corrected chi connectivity index (χ3v) is 4.18. The second-order valence-corrected chi connectivity index (χ2v) is 7.18. The Morgan fingerprint density at radius 1 is 1.08 bits per heavy atom. The summed E-state index contributed by atoms with van der Waals surface area (Å²) in [6.45, 7) is 5.43. The highest BCUT2D eigenvalue weighted by molar-refractivity contribution is 6.23. The molecule has 1 aromatic carbocycles. The van der Waals surface area contributed by atoms with Crippen LogP contribution in [0.15, 0.2) is 24.3 Å². The summed E-state index contributed by atoms with van der Waals surface area (Å²) in [5, 5.41) is 0. The van der Waals surface area contributed by atoms with Crippen LogP contribution in [0.1, 0.15) is 47.9 Å². The van der Waals surface area contributed by atoms with Crippen LogP contribution < -0.4 is 0 Å². The number of ketones is 1. The van der Waals surface area contributed by atoms with Crippen LogP contribution in [0.5, 0.6) is 0 Å². The van der Waals surface area contributed by atoms with Gasteiger partial charge in [-0.2, -0.15) is 0 Å². The Balaban J connectivity index is 1.82. The lowest BCUT2D eigenvalue weighted by molar-refractivity contribution is -0.125. The summed E-state index contributed by atoms with van der Waals surface area (Å²) < 4.78 is 5.33. The van der Waals surface area contributed by atoms with Crippen LogP contribution in [0.25, 0.3) is 0 Å². The van der Waals surface area contributed by atoms with Crippen molar-refractivity contribution in [3.8, 4) is 0 Å². The van der Waals surface area contributed by atoms with E-state index in [9.17, 15) is 19.2 Å². The van der Waals surface area contributed by atoms with Gasteiger partial charge in [-0.3, -0.25) is 19.3 Å². The van der Waals surface area contributed by atoms with E-state index in [1.807, 2.05) is 0 Å². The summed E-state index contributed by atoms with van der Waals surface area (Å²) >= 11 is 0. The molecule has 0 spiro atoms. The molecule has 132 valence electrons. The molecule has 0 N–H and O–H groups in total. The third-order valence-electron chi connectivity index (χ3n) is 4.18. The van der Waals surface area contributed by atoms with Crippen LogP contribution in [-0.2, 0) is 9.53 Å². The molecule has 1 aromatic rings. The van der Waals surface area contributed by atoms with Gasteiger partial charge in [0, 0.05) is 13.0 Å². The molecule has 7 heteroatoms. The zero-order valence-corrected chi connectivity index (χ0v) is 14.4. The average Bonchev–Trinajstić information content (AvgIpc) is 2.78. The van der Waals surface area contributed by atoms with Crippen LogP contribution in [0.2, 0.25) is 0 Å². The Bertz CT molecular complexity index is 730. The van der Waals surface area contributed by atoms with E-state index in [2.05, 4.69) is 0 Å². The number of piperidine rings is 1. The molecule has 1 fully saturated rings. The van der Waals surface area contributed by atoms with Crippen molar-refractivity contribution in [2.24, 2.45) is 0 Å². The van der Waals surface area contributed by atoms with Gasteiger partial charge in [0.05, 0.1) is 17.7 Å². The van der Waals surface area contributed by atoms with Crippen molar-refractivity contribution in [2.75, 3.05) is 13.1 Å². The van der Waals surface area contributed by atoms with Gasteiger partial charge in [0.2, 0.25) is 0 Å². The van der Waals surface area contributed by atoms with Gasteiger partial charge in [0.15, 0.2) is 5.78 Å². The maximum Gasteiger partial charge on any atom is 0.410 e. The number of likely N-dealkylation sites (tertiary alicyclic amines) is 1. The first-order chi connectivity index (χ1) is 11.7. The molecule has 3 rings (SSSR count). The van der Waals surface area contributed by atoms with Gasteiger partial charge in [-0.15, -0.1) is 0 Å². The molecule has 2 aliphatic heterocycles. The molecule has 0 aliphatic carbocycles. The molecule has 1 saturated heterocycles. The van der Waals surface area contributed by atoms with Crippen LogP contribution in [0.4, 0.5) is 4.79 Å². The summed E-state index contributed by atoms with van der Waals surface area (Å²) in [4.78, 5) is 52.1. The highest BCUT2D eigenvalue weighted by Crippen LogP contribution is 2.27. The molecule has 2 aliphatic rings. The Labute approximate surface area is 145 Å². The topological polar surface area (TPSA) is 84.0 Å². The summed E-state index contributed by atoms with van der Waals surface area (Å²) in [5.41, 5.74) is -0.0896. The number of amides is 3. The number of carbonyl (C=O) groups excluding carboxylic acids is 4. The van der Waals surface area contributed by atoms with Gasteiger partial charge < -0.3 is 9.64 Å². The molecule has 1 unspecified atom stereocenters. The van der Waals surface area contributed by atoms with Gasteiger partial charge in [-0.05, 0) is 32.9 Å². The molecular formula is C18H20N2O5. The van der Waals surface area contributed by atoms with Crippen molar-refractivity contribution in [1.82, 2.24) is 9.80 Å². The zero-order chi connectivity index (χ0) is 18.4. The maximum absolute atomic E-state index is 12.6. The second kappa shape index (κ2) is 5.98. The number of rotatable bonds is 1. The predicted octanol–water partition coefficient (Wildman–Crippen LogP) is 1.86. The third kappa shape index (κ3) is 3.14. The molecule has 7 nitrogen and oxygen atoms in total. The second-order valence-electron chi connectivity index (χ2n) is 7.18. The lowest BCUT2D eigenvalue weighted by atomic mass is 10.0. The standard InChI is InChI=1S/C18H20N2O5/c1-18(2,3)25-17(24)19-9-8-14(21)13(10-19)20-15(22)11-6-4-5-7-12(11)16(20)23/h4-7,13H,8-10H2,1-3H3. The highest BCUT2D eigenvalue weighted by Gasteiger charge is 2.45. The molecule has 0 radical (unpaired) electrons. The lowest BCUT2D eigenvalue weighted by Gasteiger charge is -2.36. The molecule has 0 saturated carbocycles. The fraction of sp³-hybridized carbons (Fsp3) is 0.444. The number of fused-ring (bicyclic) bond motifs is 1. The largest absolute Gasteiger partial charge is 0.444 e. The van der Waals surface area contributed by atoms with Gasteiger partial charge >= 0.3 is 6.09 Å². The maximum atomic E-state index is 12.6. The van der Waals surface area contributed by atoms with E-state index in [0.29, 0.717) is 0 Å². The number of hydrogen-bond acceptors (Lipinski definition) is 5. The average molecular weight is 344 g/mol. The van der Waals surface area contributed by atoms with E-state index in [0.717, 1.165) is 4.90 Å². The normalized spacial score (nSPS) is 20.8. The Kier molecular flexibility index (Phi) is 4.10. The summed E-state index contributed by atoms with van der Waals surface area (Å²) in [6.07, 6.45) is -0.473. The van der Waals surface area contributed by atoms with Crippen LogP contribution in [-0.4, -0.2) is 58.2 Å². The molecule has 25 heavy (non-hydrogen) atoms. The van der Waals surface area contributed by atoms with E-state index < -0.39 is 29.6 Å². The Morgan fingerprint density at radius 3 is 2.16 bits per heavy atom. The van der Waals surface area contributed by atoms with Gasteiger partial charge in [0.25, 0.3) is 11.8 Å². The first-order valence-electron chi connectivity index (χ1n) is 8.16. The number of Topliss-reactive ketones (excluding diaryl/α,β-unsaturated/α-hetero) is 1. The Morgan fingerprint density at radius 2 is 1.64 bits per heavy atom. The number of benzene rings is 1. The quantitative estimate of drug-likeness (QED) is 0.726. The van der Waals surface area contributed by atoms with Crippen molar-refractivity contribution < 1.29 is 23.9 Å². The number of hydrogen-bond donors (Lipinski definition) is 0. The molecular weight excluding hydrogens is 324 g/mol. The smallest absolute Gasteiger partial charge is 0.410 e. The van der Waals surface area contributed by atoms with E-state index in [4.69, 9.17) is 4.74 Å². The molecule has 0 bridgehead atoms. The fourth-order valence-electron chi connectivity index (χ4n) is 3.02. The highest BCUT2D eigenvalue weighted by atomic mass is 16.6. The molecule has 1 atom stereocenters. The van der Waals surface area contributed by atoms with Crippen LogP contribution >= 0.6 is 0 Å². The van der Waals surface area contributed by atoms with Crippen molar-refractivity contribution in [1.29, 1.82) is 0 Å².